The third-order valence-corrected chi connectivity index (χ3v) is 5.28. The van der Waals surface area contributed by atoms with E-state index in [1.807, 2.05) is 44.2 Å². The van der Waals surface area contributed by atoms with E-state index in [-0.39, 0.29) is 23.2 Å². The summed E-state index contributed by atoms with van der Waals surface area (Å²) < 4.78 is 26.9. The monoisotopic (exact) mass is 305 g/mol. The van der Waals surface area contributed by atoms with Crippen molar-refractivity contribution in [2.75, 3.05) is 0 Å². The molecule has 5 heteroatoms. The van der Waals surface area contributed by atoms with Crippen molar-refractivity contribution in [1.82, 2.24) is 4.31 Å². The van der Waals surface area contributed by atoms with Crippen molar-refractivity contribution >= 4 is 10.0 Å². The van der Waals surface area contributed by atoms with Gasteiger partial charge in [-0.2, -0.15) is 4.31 Å². The van der Waals surface area contributed by atoms with Gasteiger partial charge in [-0.3, -0.25) is 0 Å². The van der Waals surface area contributed by atoms with Crippen LogP contribution in [-0.4, -0.2) is 23.9 Å². The molecule has 0 amide bonds. The van der Waals surface area contributed by atoms with Gasteiger partial charge in [0.2, 0.25) is 10.0 Å². The van der Waals surface area contributed by atoms with Crippen LogP contribution in [0.2, 0.25) is 0 Å². The zero-order valence-electron chi connectivity index (χ0n) is 12.1. The Hall–Kier alpha value is -1.85. The Morgan fingerprint density at radius 2 is 1.57 bits per heavy atom. The van der Waals surface area contributed by atoms with Gasteiger partial charge in [0.1, 0.15) is 10.6 Å². The fourth-order valence-electron chi connectivity index (χ4n) is 2.11. The second-order valence-electron chi connectivity index (χ2n) is 5.10. The SMILES string of the molecule is CC(C)N(Cc1ccccc1)S(=O)(=O)c1ccccc1O. The van der Waals surface area contributed by atoms with Gasteiger partial charge in [0.05, 0.1) is 0 Å². The second kappa shape index (κ2) is 6.28. The molecule has 2 rings (SSSR count). The van der Waals surface area contributed by atoms with Crippen LogP contribution in [0.4, 0.5) is 0 Å². The Labute approximate surface area is 125 Å². The smallest absolute Gasteiger partial charge is 0.247 e. The molecule has 0 fully saturated rings. The third kappa shape index (κ3) is 3.43. The normalized spacial score (nSPS) is 12.0. The lowest BCUT2D eigenvalue weighted by molar-refractivity contribution is 0.345. The van der Waals surface area contributed by atoms with E-state index in [4.69, 9.17) is 0 Å². The minimum Gasteiger partial charge on any atom is -0.507 e. The largest absolute Gasteiger partial charge is 0.507 e. The number of hydrogen-bond donors (Lipinski definition) is 1. The molecular weight excluding hydrogens is 286 g/mol. The number of phenols is 1. The Balaban J connectivity index is 2.40. The van der Waals surface area contributed by atoms with Gasteiger partial charge in [0.15, 0.2) is 0 Å². The van der Waals surface area contributed by atoms with Crippen molar-refractivity contribution in [3.63, 3.8) is 0 Å². The first kappa shape index (κ1) is 15.5. The minimum atomic E-state index is -3.75. The topological polar surface area (TPSA) is 57.6 Å². The quantitative estimate of drug-likeness (QED) is 0.924. The fraction of sp³-hybridized carbons (Fsp3) is 0.250. The van der Waals surface area contributed by atoms with Gasteiger partial charge < -0.3 is 5.11 Å². The van der Waals surface area contributed by atoms with E-state index >= 15 is 0 Å². The van der Waals surface area contributed by atoms with Gasteiger partial charge in [0, 0.05) is 12.6 Å². The summed E-state index contributed by atoms with van der Waals surface area (Å²) in [5.74, 6) is -0.226. The highest BCUT2D eigenvalue weighted by Crippen LogP contribution is 2.27. The first-order valence-electron chi connectivity index (χ1n) is 6.76. The molecule has 0 atom stereocenters. The number of benzene rings is 2. The first-order valence-corrected chi connectivity index (χ1v) is 8.20. The van der Waals surface area contributed by atoms with Gasteiger partial charge >= 0.3 is 0 Å². The maximum Gasteiger partial charge on any atom is 0.247 e. The Bertz CT molecular complexity index is 696. The molecule has 0 radical (unpaired) electrons. The first-order chi connectivity index (χ1) is 9.93. The highest BCUT2D eigenvalue weighted by Gasteiger charge is 2.29. The fourth-order valence-corrected chi connectivity index (χ4v) is 3.82. The van der Waals surface area contributed by atoms with Crippen LogP contribution in [-0.2, 0) is 16.6 Å². The molecule has 4 nitrogen and oxygen atoms in total. The Morgan fingerprint density at radius 3 is 2.14 bits per heavy atom. The van der Waals surface area contributed by atoms with Crippen molar-refractivity contribution in [2.45, 2.75) is 31.3 Å². The van der Waals surface area contributed by atoms with Gasteiger partial charge in [-0.05, 0) is 31.5 Å². The molecule has 0 saturated heterocycles. The van der Waals surface area contributed by atoms with E-state index in [0.29, 0.717) is 0 Å². The molecule has 0 spiro atoms. The van der Waals surface area contributed by atoms with Gasteiger partial charge in [-0.1, -0.05) is 42.5 Å². The summed E-state index contributed by atoms with van der Waals surface area (Å²) in [4.78, 5) is -0.0605. The van der Waals surface area contributed by atoms with Crippen LogP contribution < -0.4 is 0 Å². The van der Waals surface area contributed by atoms with Gasteiger partial charge in [-0.15, -0.1) is 0 Å². The average Bonchev–Trinajstić information content (AvgIpc) is 2.45. The molecule has 0 bridgehead atoms. The molecule has 2 aromatic carbocycles. The maximum atomic E-state index is 12.8. The number of rotatable bonds is 5. The van der Waals surface area contributed by atoms with Crippen LogP contribution in [0.3, 0.4) is 0 Å². The maximum absolute atomic E-state index is 12.8. The van der Waals surface area contributed by atoms with Crippen molar-refractivity contribution in [3.8, 4) is 5.75 Å². The zero-order chi connectivity index (χ0) is 15.5. The Morgan fingerprint density at radius 1 is 1.00 bits per heavy atom. The second-order valence-corrected chi connectivity index (χ2v) is 6.96. The summed E-state index contributed by atoms with van der Waals surface area (Å²) in [7, 11) is -3.75. The molecule has 0 aromatic heterocycles. The number of nitrogens with zero attached hydrogens (tertiary/aromatic N) is 1. The Kier molecular flexibility index (Phi) is 4.65. The van der Waals surface area contributed by atoms with Crippen molar-refractivity contribution < 1.29 is 13.5 Å². The number of para-hydroxylation sites is 1. The number of phenolic OH excluding ortho intramolecular Hbond substituents is 1. The number of aromatic hydroxyl groups is 1. The van der Waals surface area contributed by atoms with Crippen molar-refractivity contribution in [2.24, 2.45) is 0 Å². The summed E-state index contributed by atoms with van der Waals surface area (Å²) in [6, 6.07) is 15.2. The van der Waals surface area contributed by atoms with Crippen LogP contribution in [0.5, 0.6) is 5.75 Å². The lowest BCUT2D eigenvalue weighted by atomic mass is 10.2. The third-order valence-electron chi connectivity index (χ3n) is 3.21. The summed E-state index contributed by atoms with van der Waals surface area (Å²) >= 11 is 0. The van der Waals surface area contributed by atoms with Crippen molar-refractivity contribution in [3.05, 3.63) is 60.2 Å². The van der Waals surface area contributed by atoms with Crippen molar-refractivity contribution in [1.29, 1.82) is 0 Å². The molecule has 21 heavy (non-hydrogen) atoms. The van der Waals surface area contributed by atoms with Crippen LogP contribution in [0.25, 0.3) is 0 Å². The van der Waals surface area contributed by atoms with E-state index in [1.165, 1.54) is 16.4 Å². The van der Waals surface area contributed by atoms with E-state index in [2.05, 4.69) is 0 Å². The molecule has 112 valence electrons. The number of hydrogen-bond acceptors (Lipinski definition) is 3. The molecule has 0 aliphatic heterocycles. The lowest BCUT2D eigenvalue weighted by Gasteiger charge is -2.26. The summed E-state index contributed by atoms with van der Waals surface area (Å²) in [6.07, 6.45) is 0. The van der Waals surface area contributed by atoms with E-state index < -0.39 is 10.0 Å². The minimum absolute atomic E-state index is 0.0605. The molecule has 0 unspecified atom stereocenters. The van der Waals surface area contributed by atoms with E-state index in [1.54, 1.807) is 12.1 Å². The standard InChI is InChI=1S/C16H19NO3S/c1-13(2)17(12-14-8-4-3-5-9-14)21(19,20)16-11-7-6-10-15(16)18/h3-11,13,18H,12H2,1-2H3. The van der Waals surface area contributed by atoms with Crippen LogP contribution >= 0.6 is 0 Å². The molecule has 0 saturated carbocycles. The van der Waals surface area contributed by atoms with Crippen LogP contribution in [0, 0.1) is 0 Å². The van der Waals surface area contributed by atoms with Crippen LogP contribution in [0.1, 0.15) is 19.4 Å². The lowest BCUT2D eigenvalue weighted by Crippen LogP contribution is -2.36. The molecule has 0 aliphatic carbocycles. The average molecular weight is 305 g/mol. The molecule has 0 aliphatic rings. The predicted molar refractivity (Wildman–Crippen MR) is 82.4 cm³/mol. The molecule has 0 heterocycles. The van der Waals surface area contributed by atoms with E-state index in [0.717, 1.165) is 5.56 Å². The number of sulfonamides is 1. The highest BCUT2D eigenvalue weighted by atomic mass is 32.2. The van der Waals surface area contributed by atoms with Crippen LogP contribution in [0.15, 0.2) is 59.5 Å². The highest BCUT2D eigenvalue weighted by molar-refractivity contribution is 7.89. The summed E-state index contributed by atoms with van der Waals surface area (Å²) in [5, 5.41) is 9.84. The predicted octanol–water partition coefficient (Wildman–Crippen LogP) is 2.99. The summed E-state index contributed by atoms with van der Waals surface area (Å²) in [6.45, 7) is 3.91. The molecule has 1 N–H and O–H groups in total. The van der Waals surface area contributed by atoms with Gasteiger partial charge in [-0.25, -0.2) is 8.42 Å². The van der Waals surface area contributed by atoms with E-state index in [9.17, 15) is 13.5 Å². The van der Waals surface area contributed by atoms with Gasteiger partial charge in [0.25, 0.3) is 0 Å². The summed E-state index contributed by atoms with van der Waals surface area (Å²) in [5.41, 5.74) is 0.908. The molecule has 2 aromatic rings. The zero-order valence-corrected chi connectivity index (χ0v) is 12.9. The molecular formula is C16H19NO3S.